The van der Waals surface area contributed by atoms with Crippen LogP contribution in [0.2, 0.25) is 0 Å². The summed E-state index contributed by atoms with van der Waals surface area (Å²) in [4.78, 5) is 0. The van der Waals surface area contributed by atoms with Crippen molar-refractivity contribution in [3.05, 3.63) is 34.1 Å². The van der Waals surface area contributed by atoms with Gasteiger partial charge in [-0.25, -0.2) is 4.39 Å². The van der Waals surface area contributed by atoms with E-state index in [0.29, 0.717) is 16.6 Å². The van der Waals surface area contributed by atoms with Crippen molar-refractivity contribution in [3.63, 3.8) is 0 Å². The number of aliphatic hydroxyl groups excluding tert-OH is 1. The predicted molar refractivity (Wildman–Crippen MR) is 60.1 cm³/mol. The first-order valence-corrected chi connectivity index (χ1v) is 5.48. The SMILES string of the molecule is COCC(C)C(O)c1cccc(Br)c1F. The van der Waals surface area contributed by atoms with Crippen LogP contribution in [-0.4, -0.2) is 18.8 Å². The van der Waals surface area contributed by atoms with E-state index in [1.807, 2.05) is 6.92 Å². The molecule has 0 saturated carbocycles. The van der Waals surface area contributed by atoms with Gasteiger partial charge < -0.3 is 9.84 Å². The van der Waals surface area contributed by atoms with E-state index >= 15 is 0 Å². The van der Waals surface area contributed by atoms with Gasteiger partial charge in [0.15, 0.2) is 0 Å². The van der Waals surface area contributed by atoms with Gasteiger partial charge in [0.25, 0.3) is 0 Å². The fourth-order valence-corrected chi connectivity index (χ4v) is 1.79. The highest BCUT2D eigenvalue weighted by molar-refractivity contribution is 9.10. The maximum absolute atomic E-state index is 13.6. The Bertz CT molecular complexity index is 330. The second-order valence-electron chi connectivity index (χ2n) is 3.52. The molecule has 0 fully saturated rings. The molecule has 1 aromatic carbocycles. The molecule has 1 aromatic rings. The van der Waals surface area contributed by atoms with Crippen molar-refractivity contribution in [2.24, 2.45) is 5.92 Å². The van der Waals surface area contributed by atoms with Crippen LogP contribution < -0.4 is 0 Å². The Kier molecular flexibility index (Phi) is 4.70. The van der Waals surface area contributed by atoms with Gasteiger partial charge in [0.1, 0.15) is 5.82 Å². The first kappa shape index (κ1) is 12.6. The zero-order valence-electron chi connectivity index (χ0n) is 8.71. The molecular formula is C11H14BrFO2. The van der Waals surface area contributed by atoms with E-state index in [-0.39, 0.29) is 5.92 Å². The summed E-state index contributed by atoms with van der Waals surface area (Å²) in [5, 5.41) is 9.88. The highest BCUT2D eigenvalue weighted by atomic mass is 79.9. The molecule has 4 heteroatoms. The van der Waals surface area contributed by atoms with Crippen molar-refractivity contribution in [1.29, 1.82) is 0 Å². The van der Waals surface area contributed by atoms with Crippen LogP contribution in [0.15, 0.2) is 22.7 Å². The number of halogens is 2. The third-order valence-electron chi connectivity index (χ3n) is 2.27. The zero-order valence-corrected chi connectivity index (χ0v) is 10.3. The number of aliphatic hydroxyl groups is 1. The fourth-order valence-electron chi connectivity index (χ4n) is 1.41. The van der Waals surface area contributed by atoms with Crippen LogP contribution in [0.5, 0.6) is 0 Å². The molecule has 0 saturated heterocycles. The summed E-state index contributed by atoms with van der Waals surface area (Å²) in [6, 6.07) is 4.88. The van der Waals surface area contributed by atoms with E-state index in [9.17, 15) is 9.50 Å². The van der Waals surface area contributed by atoms with Crippen molar-refractivity contribution in [3.8, 4) is 0 Å². The second-order valence-corrected chi connectivity index (χ2v) is 4.37. The third kappa shape index (κ3) is 3.00. The molecule has 0 aliphatic heterocycles. The monoisotopic (exact) mass is 276 g/mol. The largest absolute Gasteiger partial charge is 0.388 e. The van der Waals surface area contributed by atoms with Crippen molar-refractivity contribution in [2.45, 2.75) is 13.0 Å². The molecule has 2 unspecified atom stereocenters. The summed E-state index contributed by atoms with van der Waals surface area (Å²) in [6.07, 6.45) is -0.845. The summed E-state index contributed by atoms with van der Waals surface area (Å²) in [7, 11) is 1.56. The molecule has 2 atom stereocenters. The van der Waals surface area contributed by atoms with Gasteiger partial charge in [0, 0.05) is 18.6 Å². The van der Waals surface area contributed by atoms with Gasteiger partial charge in [-0.1, -0.05) is 19.1 Å². The number of hydrogen-bond acceptors (Lipinski definition) is 2. The lowest BCUT2D eigenvalue weighted by molar-refractivity contribution is 0.0544. The summed E-state index contributed by atoms with van der Waals surface area (Å²) in [5.74, 6) is -0.549. The molecule has 0 radical (unpaired) electrons. The average molecular weight is 277 g/mol. The number of ether oxygens (including phenoxy) is 1. The molecule has 0 aliphatic rings. The van der Waals surface area contributed by atoms with Gasteiger partial charge in [0.2, 0.25) is 0 Å². The lowest BCUT2D eigenvalue weighted by Gasteiger charge is -2.19. The molecule has 84 valence electrons. The van der Waals surface area contributed by atoms with Crippen LogP contribution in [0.25, 0.3) is 0 Å². The number of rotatable bonds is 4. The maximum atomic E-state index is 13.6. The fraction of sp³-hybridized carbons (Fsp3) is 0.455. The van der Waals surface area contributed by atoms with Gasteiger partial charge in [-0.3, -0.25) is 0 Å². The molecule has 0 spiro atoms. The first-order chi connectivity index (χ1) is 7.07. The van der Waals surface area contributed by atoms with Crippen LogP contribution in [0.4, 0.5) is 4.39 Å². The van der Waals surface area contributed by atoms with Crippen molar-refractivity contribution >= 4 is 15.9 Å². The van der Waals surface area contributed by atoms with Gasteiger partial charge in [-0.15, -0.1) is 0 Å². The Morgan fingerprint density at radius 2 is 2.20 bits per heavy atom. The lowest BCUT2D eigenvalue weighted by Crippen LogP contribution is -2.15. The highest BCUT2D eigenvalue weighted by Gasteiger charge is 2.20. The number of hydrogen-bond donors (Lipinski definition) is 1. The summed E-state index contributed by atoms with van der Waals surface area (Å²) >= 11 is 3.09. The van der Waals surface area contributed by atoms with Crippen LogP contribution >= 0.6 is 15.9 Å². The standard InChI is InChI=1S/C11H14BrFO2/c1-7(6-15-2)11(14)8-4-3-5-9(12)10(8)13/h3-5,7,11,14H,6H2,1-2H3. The minimum atomic E-state index is -0.845. The third-order valence-corrected chi connectivity index (χ3v) is 2.88. The number of methoxy groups -OCH3 is 1. The van der Waals surface area contributed by atoms with Gasteiger partial charge in [0.05, 0.1) is 17.2 Å². The van der Waals surface area contributed by atoms with Crippen LogP contribution in [-0.2, 0) is 4.74 Å². The van der Waals surface area contributed by atoms with E-state index in [2.05, 4.69) is 15.9 Å². The van der Waals surface area contributed by atoms with E-state index in [1.165, 1.54) is 0 Å². The van der Waals surface area contributed by atoms with Gasteiger partial charge in [-0.2, -0.15) is 0 Å². The van der Waals surface area contributed by atoms with E-state index in [4.69, 9.17) is 4.74 Å². The highest BCUT2D eigenvalue weighted by Crippen LogP contribution is 2.28. The summed E-state index contributed by atoms with van der Waals surface area (Å²) in [5.41, 5.74) is 0.300. The Hall–Kier alpha value is -0.450. The molecule has 1 rings (SSSR count). The van der Waals surface area contributed by atoms with E-state index in [1.54, 1.807) is 25.3 Å². The second kappa shape index (κ2) is 5.58. The molecule has 2 nitrogen and oxygen atoms in total. The molecule has 15 heavy (non-hydrogen) atoms. The van der Waals surface area contributed by atoms with Gasteiger partial charge in [-0.05, 0) is 22.0 Å². The molecule has 0 aliphatic carbocycles. The smallest absolute Gasteiger partial charge is 0.143 e. The van der Waals surface area contributed by atoms with Crippen molar-refractivity contribution < 1.29 is 14.2 Å². The molecule has 0 heterocycles. The van der Waals surface area contributed by atoms with Crippen LogP contribution in [0, 0.1) is 11.7 Å². The number of benzene rings is 1. The Morgan fingerprint density at radius 1 is 1.53 bits per heavy atom. The summed E-state index contributed by atoms with van der Waals surface area (Å²) in [6.45, 7) is 2.21. The normalized spacial score (nSPS) is 15.0. The molecular weight excluding hydrogens is 263 g/mol. The summed E-state index contributed by atoms with van der Waals surface area (Å²) < 4.78 is 18.9. The predicted octanol–water partition coefficient (Wildman–Crippen LogP) is 2.90. The molecule has 0 bridgehead atoms. The van der Waals surface area contributed by atoms with Crippen LogP contribution in [0.3, 0.4) is 0 Å². The zero-order chi connectivity index (χ0) is 11.4. The Morgan fingerprint density at radius 3 is 2.80 bits per heavy atom. The Balaban J connectivity index is 2.90. The van der Waals surface area contributed by atoms with Crippen LogP contribution in [0.1, 0.15) is 18.6 Å². The molecule has 0 amide bonds. The topological polar surface area (TPSA) is 29.5 Å². The quantitative estimate of drug-likeness (QED) is 0.917. The lowest BCUT2D eigenvalue weighted by atomic mass is 9.98. The minimum absolute atomic E-state index is 0.140. The van der Waals surface area contributed by atoms with Crippen molar-refractivity contribution in [2.75, 3.05) is 13.7 Å². The Labute approximate surface area is 97.2 Å². The minimum Gasteiger partial charge on any atom is -0.388 e. The average Bonchev–Trinajstić information content (AvgIpc) is 2.21. The molecule has 0 aromatic heterocycles. The van der Waals surface area contributed by atoms with E-state index in [0.717, 1.165) is 0 Å². The maximum Gasteiger partial charge on any atom is 0.143 e. The van der Waals surface area contributed by atoms with E-state index < -0.39 is 11.9 Å². The first-order valence-electron chi connectivity index (χ1n) is 4.68. The van der Waals surface area contributed by atoms with Crippen molar-refractivity contribution in [1.82, 2.24) is 0 Å². The molecule has 1 N–H and O–H groups in total. The van der Waals surface area contributed by atoms with Gasteiger partial charge >= 0.3 is 0 Å².